The van der Waals surface area contributed by atoms with Crippen LogP contribution in [0.4, 0.5) is 5.69 Å². The summed E-state index contributed by atoms with van der Waals surface area (Å²) >= 11 is 6.02. The molecule has 11 nitrogen and oxygen atoms in total. The fraction of sp³-hybridized carbons (Fsp3) is 0.238. The molecule has 33 heavy (non-hydrogen) atoms. The Morgan fingerprint density at radius 3 is 2.52 bits per heavy atom. The number of imide groups is 1. The van der Waals surface area contributed by atoms with E-state index in [0.717, 1.165) is 4.90 Å². The highest BCUT2D eigenvalue weighted by atomic mass is 35.5. The lowest BCUT2D eigenvalue weighted by Crippen LogP contribution is -2.39. The maximum absolute atomic E-state index is 13.2. The number of benzene rings is 2. The van der Waals surface area contributed by atoms with Crippen LogP contribution in [0.2, 0.25) is 5.02 Å². The zero-order valence-corrected chi connectivity index (χ0v) is 18.3. The van der Waals surface area contributed by atoms with Crippen molar-refractivity contribution in [2.75, 3.05) is 19.1 Å². The van der Waals surface area contributed by atoms with E-state index in [4.69, 9.17) is 25.6 Å². The van der Waals surface area contributed by atoms with Crippen molar-refractivity contribution in [3.63, 3.8) is 0 Å². The Labute approximate surface area is 192 Å². The number of methoxy groups -OCH3 is 2. The Hall–Kier alpha value is -3.99. The molecule has 168 valence electrons. The molecule has 0 saturated carbocycles. The van der Waals surface area contributed by atoms with Crippen LogP contribution in [0.25, 0.3) is 11.4 Å². The third-order valence-electron chi connectivity index (χ3n) is 5.30. The first-order valence-electron chi connectivity index (χ1n) is 9.85. The van der Waals surface area contributed by atoms with Gasteiger partial charge in [-0.05, 0) is 12.1 Å². The second kappa shape index (κ2) is 8.17. The standard InChI is InChI=1S/C21H17ClN6O5/c1-31-14-7-13(8-15(9-14)32-2)28-20(29)17-18(21(28)30)27(26-24-17)10-16-23-19(25-33-16)11-4-3-5-12(22)6-11/h3-9,17-18H,10H2,1-2H3/t17-,18+/m0/s1. The van der Waals surface area contributed by atoms with Gasteiger partial charge >= 0.3 is 0 Å². The second-order valence-electron chi connectivity index (χ2n) is 7.30. The maximum atomic E-state index is 13.2. The van der Waals surface area contributed by atoms with E-state index in [1.807, 2.05) is 0 Å². The quantitative estimate of drug-likeness (QED) is 0.506. The molecule has 0 N–H and O–H groups in total. The lowest BCUT2D eigenvalue weighted by molar-refractivity contribution is -0.123. The predicted octanol–water partition coefficient (Wildman–Crippen LogP) is 2.90. The van der Waals surface area contributed by atoms with Gasteiger partial charge in [-0.25, -0.2) is 4.90 Å². The molecule has 2 aromatic carbocycles. The number of carbonyl (C=O) groups excluding carboxylic acids is 2. The lowest BCUT2D eigenvalue weighted by Gasteiger charge is -2.20. The average Bonchev–Trinajstić information content (AvgIpc) is 3.51. The van der Waals surface area contributed by atoms with Gasteiger partial charge in [0.25, 0.3) is 11.8 Å². The van der Waals surface area contributed by atoms with E-state index in [-0.39, 0.29) is 12.4 Å². The smallest absolute Gasteiger partial charge is 0.263 e. The molecule has 2 amide bonds. The van der Waals surface area contributed by atoms with Gasteiger partial charge in [-0.15, -0.1) is 0 Å². The number of nitrogens with zero attached hydrogens (tertiary/aromatic N) is 6. The number of anilines is 1. The first-order chi connectivity index (χ1) is 16.0. The van der Waals surface area contributed by atoms with Crippen molar-refractivity contribution in [2.45, 2.75) is 18.6 Å². The molecule has 1 aromatic heterocycles. The van der Waals surface area contributed by atoms with Gasteiger partial charge in [0.05, 0.1) is 19.9 Å². The molecule has 0 unspecified atom stereocenters. The van der Waals surface area contributed by atoms with E-state index in [2.05, 4.69) is 20.5 Å². The van der Waals surface area contributed by atoms with E-state index in [0.29, 0.717) is 33.6 Å². The highest BCUT2D eigenvalue weighted by Gasteiger charge is 2.55. The van der Waals surface area contributed by atoms with Gasteiger partial charge in [0.15, 0.2) is 12.1 Å². The third-order valence-corrected chi connectivity index (χ3v) is 5.54. The van der Waals surface area contributed by atoms with Crippen molar-refractivity contribution in [1.82, 2.24) is 15.1 Å². The number of fused-ring (bicyclic) bond motifs is 1. The van der Waals surface area contributed by atoms with E-state index in [1.54, 1.807) is 42.5 Å². The van der Waals surface area contributed by atoms with Crippen molar-refractivity contribution in [2.24, 2.45) is 10.3 Å². The van der Waals surface area contributed by atoms with Crippen LogP contribution in [-0.2, 0) is 16.1 Å². The molecule has 2 aliphatic heterocycles. The summed E-state index contributed by atoms with van der Waals surface area (Å²) in [5.74, 6) is 0.488. The normalized spacial score (nSPS) is 19.4. The molecule has 0 aliphatic carbocycles. The van der Waals surface area contributed by atoms with E-state index >= 15 is 0 Å². The van der Waals surface area contributed by atoms with Crippen LogP contribution in [0, 0.1) is 0 Å². The summed E-state index contributed by atoms with van der Waals surface area (Å²) < 4.78 is 15.8. The summed E-state index contributed by atoms with van der Waals surface area (Å²) in [5.41, 5.74) is 1.01. The fourth-order valence-electron chi connectivity index (χ4n) is 3.73. The van der Waals surface area contributed by atoms with Crippen molar-refractivity contribution >= 4 is 29.1 Å². The van der Waals surface area contributed by atoms with Crippen LogP contribution in [0.5, 0.6) is 11.5 Å². The van der Waals surface area contributed by atoms with E-state index in [9.17, 15) is 9.59 Å². The summed E-state index contributed by atoms with van der Waals surface area (Å²) in [6.07, 6.45) is 0. The first-order valence-corrected chi connectivity index (χ1v) is 10.2. The van der Waals surface area contributed by atoms with Crippen molar-refractivity contribution < 1.29 is 23.6 Å². The number of halogens is 1. The number of rotatable bonds is 6. The highest BCUT2D eigenvalue weighted by Crippen LogP contribution is 2.36. The molecule has 2 atom stereocenters. The first kappa shape index (κ1) is 20.9. The molecule has 12 heteroatoms. The number of aromatic nitrogens is 2. The molecule has 0 spiro atoms. The van der Waals surface area contributed by atoms with E-state index < -0.39 is 23.9 Å². The van der Waals surface area contributed by atoms with Gasteiger partial charge in [0, 0.05) is 28.8 Å². The van der Waals surface area contributed by atoms with Crippen molar-refractivity contribution in [3.05, 3.63) is 53.4 Å². The largest absolute Gasteiger partial charge is 0.497 e. The number of carbonyl (C=O) groups is 2. The zero-order chi connectivity index (χ0) is 23.1. The average molecular weight is 469 g/mol. The third kappa shape index (κ3) is 3.65. The minimum atomic E-state index is -0.968. The molecule has 5 rings (SSSR count). The molecular formula is C21H17ClN6O5. The van der Waals surface area contributed by atoms with Crippen molar-refractivity contribution in [3.8, 4) is 22.9 Å². The summed E-state index contributed by atoms with van der Waals surface area (Å²) in [6.45, 7) is 0.00647. The number of hydrogen-bond donors (Lipinski definition) is 0. The monoisotopic (exact) mass is 468 g/mol. The van der Waals surface area contributed by atoms with Crippen LogP contribution in [0.1, 0.15) is 5.89 Å². The van der Waals surface area contributed by atoms with Gasteiger partial charge in [0.2, 0.25) is 11.7 Å². The topological polar surface area (TPSA) is 123 Å². The molecule has 1 saturated heterocycles. The fourth-order valence-corrected chi connectivity index (χ4v) is 3.92. The molecule has 0 radical (unpaired) electrons. The maximum Gasteiger partial charge on any atom is 0.263 e. The summed E-state index contributed by atoms with van der Waals surface area (Å²) in [6, 6.07) is 9.94. The number of amides is 2. The Balaban J connectivity index is 1.38. The van der Waals surface area contributed by atoms with Gasteiger partial charge in [-0.3, -0.25) is 14.6 Å². The van der Waals surface area contributed by atoms with Gasteiger partial charge in [0.1, 0.15) is 18.0 Å². The molecule has 1 fully saturated rings. The lowest BCUT2D eigenvalue weighted by atomic mass is 10.1. The highest BCUT2D eigenvalue weighted by molar-refractivity contribution is 6.30. The Morgan fingerprint density at radius 2 is 1.82 bits per heavy atom. The van der Waals surface area contributed by atoms with Crippen LogP contribution in [0.3, 0.4) is 0 Å². The molecule has 3 heterocycles. The van der Waals surface area contributed by atoms with Gasteiger partial charge in [-0.2, -0.15) is 10.1 Å². The minimum Gasteiger partial charge on any atom is -0.497 e. The summed E-state index contributed by atoms with van der Waals surface area (Å²) in [4.78, 5) is 31.6. The van der Waals surface area contributed by atoms with Crippen LogP contribution < -0.4 is 14.4 Å². The Bertz CT molecular complexity index is 1260. The van der Waals surface area contributed by atoms with Gasteiger partial charge in [-0.1, -0.05) is 34.1 Å². The molecule has 2 aliphatic rings. The van der Waals surface area contributed by atoms with Crippen LogP contribution in [-0.4, -0.2) is 53.3 Å². The van der Waals surface area contributed by atoms with Crippen molar-refractivity contribution in [1.29, 1.82) is 0 Å². The summed E-state index contributed by atoms with van der Waals surface area (Å²) in [5, 5.41) is 13.9. The van der Waals surface area contributed by atoms with Gasteiger partial charge < -0.3 is 14.0 Å². The van der Waals surface area contributed by atoms with E-state index in [1.165, 1.54) is 19.2 Å². The minimum absolute atomic E-state index is 0.00647. The van der Waals surface area contributed by atoms with Crippen LogP contribution in [0.15, 0.2) is 57.3 Å². The molecular weight excluding hydrogens is 452 g/mol. The van der Waals surface area contributed by atoms with Crippen LogP contribution >= 0.6 is 11.6 Å². The Kier molecular flexibility index (Phi) is 5.17. The molecule has 3 aromatic rings. The summed E-state index contributed by atoms with van der Waals surface area (Å²) in [7, 11) is 2.97. The SMILES string of the molecule is COc1cc(OC)cc(N2C(=O)[C@H]3N=NN(Cc4nc(-c5cccc(Cl)c5)no4)[C@H]3C2=O)c1. The second-order valence-corrected chi connectivity index (χ2v) is 7.73. The number of hydrogen-bond acceptors (Lipinski definition) is 10. The Morgan fingerprint density at radius 1 is 1.06 bits per heavy atom. The number of ether oxygens (including phenoxy) is 2. The zero-order valence-electron chi connectivity index (χ0n) is 17.5. The predicted molar refractivity (Wildman–Crippen MR) is 115 cm³/mol. The molecule has 0 bridgehead atoms.